The number of rotatable bonds is 11. The van der Waals surface area contributed by atoms with Gasteiger partial charge in [-0.25, -0.2) is 9.59 Å². The quantitative estimate of drug-likeness (QED) is 0.110. The summed E-state index contributed by atoms with van der Waals surface area (Å²) < 4.78 is 5.00. The number of urea groups is 1. The van der Waals surface area contributed by atoms with E-state index in [9.17, 15) is 19.2 Å². The third-order valence-electron chi connectivity index (χ3n) is 5.02. The Morgan fingerprint density at radius 2 is 1.86 bits per heavy atom. The smallest absolute Gasteiger partial charge is 0.433 e. The highest BCUT2D eigenvalue weighted by Gasteiger charge is 2.33. The predicted molar refractivity (Wildman–Crippen MR) is 133 cm³/mol. The maximum absolute atomic E-state index is 12.8. The Bertz CT molecular complexity index is 949. The lowest BCUT2D eigenvalue weighted by atomic mass is 10.2. The maximum Gasteiger partial charge on any atom is 0.433 e. The van der Waals surface area contributed by atoms with Crippen molar-refractivity contribution >= 4 is 35.5 Å². The van der Waals surface area contributed by atoms with Crippen molar-refractivity contribution in [1.29, 1.82) is 0 Å². The van der Waals surface area contributed by atoms with Crippen LogP contribution in [-0.2, 0) is 19.2 Å². The number of nitrogens with two attached hydrogens (primary N) is 1. The summed E-state index contributed by atoms with van der Waals surface area (Å²) in [5.74, 6) is -0.653. The molecule has 0 saturated carbocycles. The molecule has 1 heterocycles. The van der Waals surface area contributed by atoms with Gasteiger partial charge >= 0.3 is 18.1 Å². The second-order valence-corrected chi connectivity index (χ2v) is 8.65. The number of esters is 1. The summed E-state index contributed by atoms with van der Waals surface area (Å²) in [5, 5.41) is 11.4. The highest BCUT2D eigenvalue weighted by molar-refractivity contribution is 6.02. The van der Waals surface area contributed by atoms with Crippen molar-refractivity contribution in [1.82, 2.24) is 20.9 Å². The first-order valence-electron chi connectivity index (χ1n) is 11.7. The van der Waals surface area contributed by atoms with E-state index in [-0.39, 0.29) is 30.8 Å². The molecule has 36 heavy (non-hydrogen) atoms. The van der Waals surface area contributed by atoms with Crippen molar-refractivity contribution in [2.45, 2.75) is 38.8 Å². The van der Waals surface area contributed by atoms with E-state index in [1.54, 1.807) is 43.0 Å². The van der Waals surface area contributed by atoms with Crippen LogP contribution in [-0.4, -0.2) is 87.2 Å². The number of hydrogen-bond donors (Lipinski definition) is 4. The number of anilines is 1. The lowest BCUT2D eigenvalue weighted by molar-refractivity contribution is -0.147. The van der Waals surface area contributed by atoms with Crippen molar-refractivity contribution in [3.63, 3.8) is 0 Å². The van der Waals surface area contributed by atoms with E-state index in [0.717, 1.165) is 0 Å². The van der Waals surface area contributed by atoms with Crippen LogP contribution < -0.4 is 26.6 Å². The van der Waals surface area contributed by atoms with Crippen LogP contribution in [0.25, 0.3) is 0 Å². The largest absolute Gasteiger partial charge is 0.463 e. The summed E-state index contributed by atoms with van der Waals surface area (Å²) in [5.41, 5.74) is 7.02. The topological polar surface area (TPSA) is 168 Å². The summed E-state index contributed by atoms with van der Waals surface area (Å²) in [6.45, 7) is 5.08. The number of nitrogens with zero attached hydrogens (tertiary/aromatic N) is 3. The summed E-state index contributed by atoms with van der Waals surface area (Å²) in [4.78, 5) is 56.2. The van der Waals surface area contributed by atoms with Crippen molar-refractivity contribution in [2.24, 2.45) is 10.9 Å². The van der Waals surface area contributed by atoms with Gasteiger partial charge in [0.05, 0.1) is 12.5 Å². The average Bonchev–Trinajstić information content (AvgIpc) is 3.16. The molecule has 13 nitrogen and oxygen atoms in total. The molecule has 1 aliphatic rings. The number of nitrogens with one attached hydrogen (secondary N) is 3. The van der Waals surface area contributed by atoms with Gasteiger partial charge in [0.1, 0.15) is 6.04 Å². The Hall–Kier alpha value is -3.87. The minimum atomic E-state index is -0.711. The lowest BCUT2D eigenvalue weighted by Crippen LogP contribution is -2.46. The van der Waals surface area contributed by atoms with Gasteiger partial charge in [-0.15, -0.1) is 0 Å². The van der Waals surface area contributed by atoms with Gasteiger partial charge in [0.2, 0.25) is 5.91 Å². The highest BCUT2D eigenvalue weighted by Crippen LogP contribution is 2.22. The number of likely N-dealkylation sites (N-methyl/N-ethyl adjacent to an activating group) is 1. The Balaban J connectivity index is 1.82. The SMILES string of the molecule is CC(C)OC(=O)CCNC(=O)NC1CCN(c2ccc(C(N)=NOC(=O)NCCN(C)C)cc2)C1=O. The van der Waals surface area contributed by atoms with Crippen LogP contribution in [0.15, 0.2) is 29.4 Å². The molecule has 2 rings (SSSR count). The second kappa shape index (κ2) is 13.9. The van der Waals surface area contributed by atoms with Gasteiger partial charge < -0.3 is 36.2 Å². The molecule has 0 radical (unpaired) electrons. The molecular weight excluding hydrogens is 470 g/mol. The first-order valence-corrected chi connectivity index (χ1v) is 11.7. The van der Waals surface area contributed by atoms with Crippen molar-refractivity contribution in [2.75, 3.05) is 45.2 Å². The van der Waals surface area contributed by atoms with E-state index in [1.807, 2.05) is 19.0 Å². The Morgan fingerprint density at radius 1 is 1.17 bits per heavy atom. The molecule has 1 atom stereocenters. The number of oxime groups is 1. The summed E-state index contributed by atoms with van der Waals surface area (Å²) in [6.07, 6.45) is -0.452. The van der Waals surface area contributed by atoms with Crippen molar-refractivity contribution < 1.29 is 28.8 Å². The molecule has 198 valence electrons. The number of benzene rings is 1. The van der Waals surface area contributed by atoms with Gasteiger partial charge in [-0.2, -0.15) is 0 Å². The maximum atomic E-state index is 12.8. The zero-order chi connectivity index (χ0) is 26.7. The van der Waals surface area contributed by atoms with E-state index in [0.29, 0.717) is 37.3 Å². The molecular formula is C23H35N7O6. The average molecular weight is 506 g/mol. The van der Waals surface area contributed by atoms with Crippen molar-refractivity contribution in [3.05, 3.63) is 29.8 Å². The lowest BCUT2D eigenvalue weighted by Gasteiger charge is -2.18. The minimum Gasteiger partial charge on any atom is -0.463 e. The van der Waals surface area contributed by atoms with Gasteiger partial charge in [-0.05, 0) is 58.6 Å². The van der Waals surface area contributed by atoms with Gasteiger partial charge in [0.15, 0.2) is 5.84 Å². The second-order valence-electron chi connectivity index (χ2n) is 8.65. The standard InChI is InChI=1S/C23H35N7O6/c1-15(2)35-19(31)9-11-25-22(33)27-18-10-13-30(21(18)32)17-7-5-16(6-8-17)20(24)28-36-23(34)26-12-14-29(3)4/h5-8,15,18H,9-14H2,1-4H3,(H2,24,28)(H,26,34)(H2,25,27,33). The first-order chi connectivity index (χ1) is 17.1. The molecule has 5 N–H and O–H groups in total. The Labute approximate surface area is 210 Å². The van der Waals surface area contributed by atoms with Crippen molar-refractivity contribution in [3.8, 4) is 0 Å². The first kappa shape index (κ1) is 28.4. The predicted octanol–water partition coefficient (Wildman–Crippen LogP) is 0.341. The van der Waals surface area contributed by atoms with Crippen LogP contribution in [0.4, 0.5) is 15.3 Å². The monoisotopic (exact) mass is 505 g/mol. The molecule has 1 unspecified atom stereocenters. The highest BCUT2D eigenvalue weighted by atomic mass is 16.7. The number of hydrogen-bond acceptors (Lipinski definition) is 8. The van der Waals surface area contributed by atoms with Gasteiger partial charge in [-0.1, -0.05) is 5.16 Å². The number of amides is 4. The van der Waals surface area contributed by atoms with E-state index >= 15 is 0 Å². The molecule has 1 fully saturated rings. The fourth-order valence-electron chi connectivity index (χ4n) is 3.25. The van der Waals surface area contributed by atoms with Gasteiger partial charge in [-0.3, -0.25) is 14.4 Å². The molecule has 0 spiro atoms. The molecule has 1 saturated heterocycles. The molecule has 1 aromatic rings. The zero-order valence-electron chi connectivity index (χ0n) is 21.1. The van der Waals surface area contributed by atoms with Crippen LogP contribution in [0.5, 0.6) is 0 Å². The van der Waals surface area contributed by atoms with Gasteiger partial charge in [0.25, 0.3) is 0 Å². The molecule has 0 aliphatic carbocycles. The molecule has 4 amide bonds. The van der Waals surface area contributed by atoms with Crippen LogP contribution in [0.3, 0.4) is 0 Å². The minimum absolute atomic E-state index is 0.00514. The summed E-state index contributed by atoms with van der Waals surface area (Å²) in [6, 6.07) is 5.47. The molecule has 13 heteroatoms. The third kappa shape index (κ3) is 9.41. The third-order valence-corrected chi connectivity index (χ3v) is 5.02. The fraction of sp³-hybridized carbons (Fsp3) is 0.522. The summed E-state index contributed by atoms with van der Waals surface area (Å²) >= 11 is 0. The Morgan fingerprint density at radius 3 is 2.50 bits per heavy atom. The number of amidine groups is 1. The van der Waals surface area contributed by atoms with E-state index in [2.05, 4.69) is 21.1 Å². The Kier molecular flexibility index (Phi) is 10.9. The van der Waals surface area contributed by atoms with E-state index in [1.165, 1.54) is 0 Å². The van der Waals surface area contributed by atoms with E-state index < -0.39 is 24.1 Å². The normalized spacial score (nSPS) is 15.7. The number of carbonyl (C=O) groups is 4. The summed E-state index contributed by atoms with van der Waals surface area (Å²) in [7, 11) is 3.76. The molecule has 0 aromatic heterocycles. The van der Waals surface area contributed by atoms with Crippen LogP contribution in [0.1, 0.15) is 32.3 Å². The molecule has 1 aliphatic heterocycles. The zero-order valence-corrected chi connectivity index (χ0v) is 21.1. The van der Waals surface area contributed by atoms with E-state index in [4.69, 9.17) is 15.3 Å². The molecule has 0 bridgehead atoms. The van der Waals surface area contributed by atoms with Crippen LogP contribution in [0, 0.1) is 0 Å². The van der Waals surface area contributed by atoms with Gasteiger partial charge in [0, 0.05) is 37.4 Å². The fourth-order valence-corrected chi connectivity index (χ4v) is 3.25. The number of carbonyl (C=O) groups excluding carboxylic acids is 4. The molecule has 1 aromatic carbocycles. The van der Waals surface area contributed by atoms with Crippen LogP contribution in [0.2, 0.25) is 0 Å². The number of ether oxygens (including phenoxy) is 1. The van der Waals surface area contributed by atoms with Crippen LogP contribution >= 0.6 is 0 Å².